The van der Waals surface area contributed by atoms with Gasteiger partial charge in [0.1, 0.15) is 11.6 Å². The van der Waals surface area contributed by atoms with Gasteiger partial charge in [0.2, 0.25) is 0 Å². The average molecular weight is 380 g/mol. The number of benzene rings is 1. The summed E-state index contributed by atoms with van der Waals surface area (Å²) in [5.41, 5.74) is 0.219. The van der Waals surface area contributed by atoms with E-state index >= 15 is 0 Å². The summed E-state index contributed by atoms with van der Waals surface area (Å²) >= 11 is 0. The Morgan fingerprint density at radius 2 is 1.88 bits per heavy atom. The number of nitriles is 1. The van der Waals surface area contributed by atoms with Crippen molar-refractivity contribution in [1.82, 2.24) is 10.2 Å². The van der Waals surface area contributed by atoms with Gasteiger partial charge in [-0.25, -0.2) is 0 Å². The zero-order valence-electron chi connectivity index (χ0n) is 14.9. The topological polar surface area (TPSA) is 123 Å². The Morgan fingerprint density at radius 3 is 2.38 bits per heavy atom. The molecular formula is C17H24N4O4S. The third-order valence-corrected chi connectivity index (χ3v) is 4.58. The van der Waals surface area contributed by atoms with Gasteiger partial charge in [-0.15, -0.1) is 0 Å². The van der Waals surface area contributed by atoms with Crippen LogP contribution in [0.5, 0.6) is 0 Å². The minimum Gasteiger partial charge on any atom is -0.390 e. The first-order chi connectivity index (χ1) is 12.3. The summed E-state index contributed by atoms with van der Waals surface area (Å²) < 4.78 is 30.9. The zero-order valence-corrected chi connectivity index (χ0v) is 15.7. The van der Waals surface area contributed by atoms with Crippen LogP contribution in [0.25, 0.3) is 0 Å². The zero-order chi connectivity index (χ0) is 19.6. The number of nitrogens with zero attached hydrogens (tertiary/aromatic N) is 2. The lowest BCUT2D eigenvalue weighted by atomic mass is 10.2. The number of carbonyl (C=O) groups excluding carboxylic acids is 1. The molecule has 3 N–H and O–H groups in total. The van der Waals surface area contributed by atoms with Crippen molar-refractivity contribution in [1.29, 1.82) is 5.26 Å². The van der Waals surface area contributed by atoms with Crippen LogP contribution < -0.4 is 10.6 Å². The molecule has 1 aromatic carbocycles. The molecule has 0 heterocycles. The molecule has 0 saturated heterocycles. The lowest BCUT2D eigenvalue weighted by Gasteiger charge is -2.17. The highest BCUT2D eigenvalue weighted by atomic mass is 32.2. The second-order valence-corrected chi connectivity index (χ2v) is 6.88. The number of anilines is 1. The van der Waals surface area contributed by atoms with Crippen molar-refractivity contribution in [3.63, 3.8) is 0 Å². The third kappa shape index (κ3) is 7.23. The van der Waals surface area contributed by atoms with Crippen molar-refractivity contribution in [2.45, 2.75) is 25.2 Å². The highest BCUT2D eigenvalue weighted by molar-refractivity contribution is 7.85. The van der Waals surface area contributed by atoms with Crippen LogP contribution in [0.4, 0.5) is 5.69 Å². The Bertz CT molecular complexity index is 763. The van der Waals surface area contributed by atoms with Crippen LogP contribution in [0.1, 0.15) is 20.3 Å². The van der Waals surface area contributed by atoms with Gasteiger partial charge >= 0.3 is 0 Å². The van der Waals surface area contributed by atoms with E-state index in [0.717, 1.165) is 38.2 Å². The molecule has 0 aliphatic heterocycles. The van der Waals surface area contributed by atoms with Crippen LogP contribution in [0, 0.1) is 11.3 Å². The average Bonchev–Trinajstić information content (AvgIpc) is 2.61. The summed E-state index contributed by atoms with van der Waals surface area (Å²) in [4.78, 5) is 14.1. The van der Waals surface area contributed by atoms with Gasteiger partial charge in [0.25, 0.3) is 16.0 Å². The lowest BCUT2D eigenvalue weighted by Crippen LogP contribution is -2.26. The quantitative estimate of drug-likeness (QED) is 0.244. The number of nitrogens with one attached hydrogen (secondary N) is 2. The fourth-order valence-electron chi connectivity index (χ4n) is 2.18. The van der Waals surface area contributed by atoms with Crippen molar-refractivity contribution in [3.05, 3.63) is 36.0 Å². The maximum atomic E-state index is 12.1. The van der Waals surface area contributed by atoms with Crippen LogP contribution in [0.3, 0.4) is 0 Å². The van der Waals surface area contributed by atoms with E-state index < -0.39 is 16.0 Å². The van der Waals surface area contributed by atoms with Crippen LogP contribution in [0.15, 0.2) is 40.9 Å². The predicted octanol–water partition coefficient (Wildman–Crippen LogP) is 1.60. The third-order valence-electron chi connectivity index (χ3n) is 3.71. The Morgan fingerprint density at radius 1 is 1.27 bits per heavy atom. The fraction of sp³-hybridized carbons (Fsp3) is 0.412. The first kappa shape index (κ1) is 21.6. The molecule has 1 rings (SSSR count). The highest BCUT2D eigenvalue weighted by Gasteiger charge is 2.11. The molecule has 1 aromatic rings. The van der Waals surface area contributed by atoms with Gasteiger partial charge in [0, 0.05) is 18.4 Å². The summed E-state index contributed by atoms with van der Waals surface area (Å²) in [5, 5.41) is 14.6. The SMILES string of the molecule is CCN(CC)CCCN/C=C(/C#N)C(=O)Nc1ccc(S(=O)(=O)O)cc1. The van der Waals surface area contributed by atoms with Crippen LogP contribution in [-0.4, -0.2) is 50.0 Å². The van der Waals surface area contributed by atoms with Gasteiger partial charge in [-0.2, -0.15) is 13.7 Å². The van der Waals surface area contributed by atoms with Gasteiger partial charge in [-0.05, 0) is 50.3 Å². The lowest BCUT2D eigenvalue weighted by molar-refractivity contribution is -0.112. The molecule has 0 aromatic heterocycles. The minimum atomic E-state index is -4.29. The molecule has 8 nitrogen and oxygen atoms in total. The predicted molar refractivity (Wildman–Crippen MR) is 99.0 cm³/mol. The monoisotopic (exact) mass is 380 g/mol. The molecule has 0 atom stereocenters. The van der Waals surface area contributed by atoms with E-state index in [1.807, 2.05) is 6.07 Å². The Balaban J connectivity index is 2.56. The highest BCUT2D eigenvalue weighted by Crippen LogP contribution is 2.14. The molecule has 0 aliphatic rings. The van der Waals surface area contributed by atoms with Gasteiger partial charge in [0.05, 0.1) is 4.90 Å². The van der Waals surface area contributed by atoms with Gasteiger partial charge in [-0.3, -0.25) is 9.35 Å². The fourth-order valence-corrected chi connectivity index (χ4v) is 2.66. The van der Waals surface area contributed by atoms with E-state index in [9.17, 15) is 13.2 Å². The first-order valence-corrected chi connectivity index (χ1v) is 9.70. The van der Waals surface area contributed by atoms with Crippen molar-refractivity contribution >= 4 is 21.7 Å². The van der Waals surface area contributed by atoms with Crippen LogP contribution >= 0.6 is 0 Å². The summed E-state index contributed by atoms with van der Waals surface area (Å²) in [6, 6.07) is 6.79. The van der Waals surface area contributed by atoms with Crippen molar-refractivity contribution in [3.8, 4) is 6.07 Å². The number of hydrogen-bond donors (Lipinski definition) is 3. The van der Waals surface area contributed by atoms with E-state index in [1.54, 1.807) is 0 Å². The first-order valence-electron chi connectivity index (χ1n) is 8.26. The van der Waals surface area contributed by atoms with Crippen LogP contribution in [0.2, 0.25) is 0 Å². The van der Waals surface area contributed by atoms with Gasteiger partial charge < -0.3 is 15.5 Å². The molecule has 142 valence electrons. The van der Waals surface area contributed by atoms with E-state index in [1.165, 1.54) is 18.3 Å². The molecule has 1 amide bonds. The van der Waals surface area contributed by atoms with E-state index in [-0.39, 0.29) is 10.5 Å². The Kier molecular flexibility index (Phi) is 8.78. The van der Waals surface area contributed by atoms with Crippen molar-refractivity contribution in [2.24, 2.45) is 0 Å². The van der Waals surface area contributed by atoms with Gasteiger partial charge in [-0.1, -0.05) is 13.8 Å². The summed E-state index contributed by atoms with van der Waals surface area (Å²) in [5.74, 6) is -0.608. The second-order valence-electron chi connectivity index (χ2n) is 5.46. The number of carbonyl (C=O) groups is 1. The molecule has 9 heteroatoms. The number of hydrogen-bond acceptors (Lipinski definition) is 6. The molecule has 26 heavy (non-hydrogen) atoms. The summed E-state index contributed by atoms with van der Waals surface area (Å²) in [6.07, 6.45) is 2.25. The van der Waals surface area contributed by atoms with Crippen molar-refractivity contribution < 1.29 is 17.8 Å². The molecule has 0 spiro atoms. The van der Waals surface area contributed by atoms with E-state index in [0.29, 0.717) is 12.2 Å². The van der Waals surface area contributed by atoms with E-state index in [4.69, 9.17) is 9.81 Å². The second kappa shape index (κ2) is 10.6. The Labute approximate surface area is 154 Å². The molecule has 0 aliphatic carbocycles. The normalized spacial score (nSPS) is 11.9. The van der Waals surface area contributed by atoms with Gasteiger partial charge in [0.15, 0.2) is 0 Å². The Hall–Kier alpha value is -2.41. The largest absolute Gasteiger partial charge is 0.390 e. The van der Waals surface area contributed by atoms with Crippen LogP contribution in [-0.2, 0) is 14.9 Å². The number of amides is 1. The molecular weight excluding hydrogens is 356 g/mol. The standard InChI is InChI=1S/C17H24N4O4S/c1-3-21(4-2)11-5-10-19-13-14(12-18)17(22)20-15-6-8-16(9-7-15)26(23,24)25/h6-9,13,19H,3-5,10-11H2,1-2H3,(H,20,22)(H,23,24,25)/b14-13-. The molecule has 0 unspecified atom stereocenters. The molecule has 0 radical (unpaired) electrons. The maximum absolute atomic E-state index is 12.1. The molecule has 0 saturated carbocycles. The smallest absolute Gasteiger partial charge is 0.294 e. The maximum Gasteiger partial charge on any atom is 0.294 e. The summed E-state index contributed by atoms with van der Waals surface area (Å²) in [6.45, 7) is 7.72. The number of rotatable bonds is 10. The molecule has 0 fully saturated rings. The van der Waals surface area contributed by atoms with E-state index in [2.05, 4.69) is 29.4 Å². The van der Waals surface area contributed by atoms with Crippen molar-refractivity contribution in [2.75, 3.05) is 31.5 Å². The summed E-state index contributed by atoms with van der Waals surface area (Å²) in [7, 11) is -4.29. The molecule has 0 bridgehead atoms. The minimum absolute atomic E-state index is 0.0910.